The zero-order chi connectivity index (χ0) is 21.0. The average Bonchev–Trinajstić information content (AvgIpc) is 2.91. The van der Waals surface area contributed by atoms with Crippen LogP contribution in [0.4, 0.5) is 5.69 Å². The fourth-order valence-corrected chi connectivity index (χ4v) is 4.59. The second kappa shape index (κ2) is 8.41. The Kier molecular flexibility index (Phi) is 5.95. The smallest absolute Gasteiger partial charge is 0.274 e. The van der Waals surface area contributed by atoms with E-state index in [0.29, 0.717) is 18.5 Å². The van der Waals surface area contributed by atoms with Gasteiger partial charge in [-0.05, 0) is 49.2 Å². The van der Waals surface area contributed by atoms with Gasteiger partial charge in [-0.15, -0.1) is 0 Å². The molecule has 0 unspecified atom stereocenters. The molecule has 1 aliphatic heterocycles. The normalized spacial score (nSPS) is 14.4. The number of amides is 3. The molecule has 0 saturated carbocycles. The number of sulfonamides is 1. The van der Waals surface area contributed by atoms with Gasteiger partial charge in [0.1, 0.15) is 4.90 Å². The zero-order valence-corrected chi connectivity index (χ0v) is 16.1. The molecule has 3 rings (SSSR count). The predicted octanol–water partition coefficient (Wildman–Crippen LogP) is 1.76. The number of benzene rings is 2. The van der Waals surface area contributed by atoms with Crippen LogP contribution in [0.25, 0.3) is 0 Å². The van der Waals surface area contributed by atoms with E-state index in [-0.39, 0.29) is 34.9 Å². The number of nitrogens with one attached hydrogen (secondary N) is 2. The number of carbonyl (C=O) groups is 3. The summed E-state index contributed by atoms with van der Waals surface area (Å²) in [5, 5.41) is 11.2. The molecule has 1 heterocycles. The first-order valence-electron chi connectivity index (χ1n) is 8.85. The van der Waals surface area contributed by atoms with Crippen LogP contribution in [-0.2, 0) is 14.8 Å². The molecule has 0 aromatic heterocycles. The van der Waals surface area contributed by atoms with Crippen LogP contribution >= 0.6 is 0 Å². The summed E-state index contributed by atoms with van der Waals surface area (Å²) in [6, 6.07) is 12.0. The summed E-state index contributed by atoms with van der Waals surface area (Å²) in [5.74, 6) is -1.48. The van der Waals surface area contributed by atoms with Crippen molar-refractivity contribution in [2.75, 3.05) is 11.9 Å². The molecular weight excluding hydrogens is 398 g/mol. The van der Waals surface area contributed by atoms with E-state index in [1.165, 1.54) is 41.9 Å². The first-order valence-corrected chi connectivity index (χ1v) is 10.3. The second-order valence-corrected chi connectivity index (χ2v) is 8.23. The summed E-state index contributed by atoms with van der Waals surface area (Å²) in [6.45, 7) is 0.00803. The molecule has 0 bridgehead atoms. The van der Waals surface area contributed by atoms with Gasteiger partial charge in [-0.2, -0.15) is 0 Å². The third-order valence-corrected chi connectivity index (χ3v) is 6.30. The van der Waals surface area contributed by atoms with Crippen LogP contribution in [-0.4, -0.2) is 42.2 Å². The number of unbranched alkanes of at least 4 members (excludes halogenated alkanes) is 1. The quantitative estimate of drug-likeness (QED) is 0.357. The van der Waals surface area contributed by atoms with Crippen LogP contribution in [0.5, 0.6) is 0 Å². The van der Waals surface area contributed by atoms with E-state index in [0.717, 1.165) is 4.31 Å². The lowest BCUT2D eigenvalue weighted by atomic mass is 10.2. The number of nitrogens with zero attached hydrogens (tertiary/aromatic N) is 1. The summed E-state index contributed by atoms with van der Waals surface area (Å²) in [7, 11) is -3.83. The Morgan fingerprint density at radius 2 is 1.69 bits per heavy atom. The van der Waals surface area contributed by atoms with Gasteiger partial charge in [0.25, 0.3) is 21.8 Å². The van der Waals surface area contributed by atoms with Crippen molar-refractivity contribution in [1.29, 1.82) is 0 Å². The summed E-state index contributed by atoms with van der Waals surface area (Å²) < 4.78 is 25.7. The van der Waals surface area contributed by atoms with Crippen LogP contribution in [0.2, 0.25) is 0 Å². The van der Waals surface area contributed by atoms with Gasteiger partial charge in [0.2, 0.25) is 5.91 Å². The molecule has 1 aliphatic rings. The third-order valence-electron chi connectivity index (χ3n) is 4.46. The number of rotatable bonds is 7. The van der Waals surface area contributed by atoms with Gasteiger partial charge in [-0.1, -0.05) is 12.1 Å². The maximum absolute atomic E-state index is 12.4. The Labute approximate surface area is 167 Å². The molecule has 0 atom stereocenters. The first kappa shape index (κ1) is 20.5. The van der Waals surface area contributed by atoms with E-state index in [9.17, 15) is 22.8 Å². The lowest BCUT2D eigenvalue weighted by molar-refractivity contribution is -0.116. The Hall–Kier alpha value is -3.24. The number of carbonyl (C=O) groups excluding carboxylic acids is 3. The summed E-state index contributed by atoms with van der Waals surface area (Å²) in [5.41, 5.74) is 2.41. The number of fused-ring (bicyclic) bond motifs is 1. The third kappa shape index (κ3) is 4.28. The summed E-state index contributed by atoms with van der Waals surface area (Å²) in [6.07, 6.45) is 0.891. The number of hydrogen-bond acceptors (Lipinski definition) is 6. The summed E-state index contributed by atoms with van der Waals surface area (Å²) >= 11 is 0. The topological polar surface area (TPSA) is 133 Å². The van der Waals surface area contributed by atoms with E-state index in [1.54, 1.807) is 12.1 Å². The largest absolute Gasteiger partial charge is 0.326 e. The van der Waals surface area contributed by atoms with Crippen molar-refractivity contribution < 1.29 is 28.0 Å². The molecule has 2 aromatic rings. The molecule has 9 nitrogen and oxygen atoms in total. The van der Waals surface area contributed by atoms with Crippen LogP contribution in [0.3, 0.4) is 0 Å². The van der Waals surface area contributed by atoms with Crippen molar-refractivity contribution in [2.45, 2.75) is 24.2 Å². The highest BCUT2D eigenvalue weighted by molar-refractivity contribution is 7.90. The highest BCUT2D eigenvalue weighted by Gasteiger charge is 2.40. The number of hydroxylamine groups is 1. The van der Waals surface area contributed by atoms with E-state index in [2.05, 4.69) is 5.32 Å². The van der Waals surface area contributed by atoms with Gasteiger partial charge in [0, 0.05) is 24.2 Å². The molecule has 0 spiro atoms. The van der Waals surface area contributed by atoms with Crippen molar-refractivity contribution in [3.63, 3.8) is 0 Å². The molecule has 0 fully saturated rings. The van der Waals surface area contributed by atoms with Gasteiger partial charge in [0.05, 0.1) is 5.56 Å². The Morgan fingerprint density at radius 3 is 2.34 bits per heavy atom. The lowest BCUT2D eigenvalue weighted by Crippen LogP contribution is -2.31. The highest BCUT2D eigenvalue weighted by Crippen LogP contribution is 2.30. The number of hydrogen-bond donors (Lipinski definition) is 3. The molecular formula is C19H19N3O6S. The van der Waals surface area contributed by atoms with E-state index < -0.39 is 21.8 Å². The van der Waals surface area contributed by atoms with E-state index in [4.69, 9.17) is 5.21 Å². The second-order valence-electron chi connectivity index (χ2n) is 6.40. The Bertz CT molecular complexity index is 1050. The van der Waals surface area contributed by atoms with Crippen LogP contribution in [0.1, 0.15) is 40.0 Å². The lowest BCUT2D eigenvalue weighted by Gasteiger charge is -2.14. The molecule has 29 heavy (non-hydrogen) atoms. The highest BCUT2D eigenvalue weighted by atomic mass is 32.2. The molecule has 152 valence electrons. The standard InChI is InChI=1S/C19H19N3O6S/c23-17(20-14-10-8-13(9-11-14)18(24)21-26)7-3-4-12-22-19(25)15-5-1-2-6-16(15)29(22,27)28/h1-2,5-6,8-11,26H,3-4,7,12H2,(H,20,23)(H,21,24). The molecule has 10 heteroatoms. The molecule has 0 radical (unpaired) electrons. The fourth-order valence-electron chi connectivity index (χ4n) is 2.99. The van der Waals surface area contributed by atoms with Crippen LogP contribution in [0, 0.1) is 0 Å². The molecule has 0 saturated heterocycles. The first-order chi connectivity index (χ1) is 13.8. The maximum atomic E-state index is 12.4. The fraction of sp³-hybridized carbons (Fsp3) is 0.211. The van der Waals surface area contributed by atoms with Crippen molar-refractivity contribution in [3.8, 4) is 0 Å². The van der Waals surface area contributed by atoms with Crippen LogP contribution in [0.15, 0.2) is 53.4 Å². The molecule has 2 aromatic carbocycles. The van der Waals surface area contributed by atoms with Gasteiger partial charge in [-0.25, -0.2) is 18.2 Å². The molecule has 3 amide bonds. The zero-order valence-electron chi connectivity index (χ0n) is 15.3. The van der Waals surface area contributed by atoms with E-state index in [1.807, 2.05) is 0 Å². The predicted molar refractivity (Wildman–Crippen MR) is 103 cm³/mol. The van der Waals surface area contributed by atoms with E-state index >= 15 is 0 Å². The van der Waals surface area contributed by atoms with Crippen molar-refractivity contribution in [3.05, 3.63) is 59.7 Å². The van der Waals surface area contributed by atoms with Gasteiger partial charge in [0.15, 0.2) is 0 Å². The molecule has 0 aliphatic carbocycles. The summed E-state index contributed by atoms with van der Waals surface area (Å²) in [4.78, 5) is 35.6. The van der Waals surface area contributed by atoms with Gasteiger partial charge in [-0.3, -0.25) is 19.6 Å². The number of anilines is 1. The van der Waals surface area contributed by atoms with Crippen molar-refractivity contribution in [1.82, 2.24) is 9.79 Å². The molecule has 3 N–H and O–H groups in total. The van der Waals surface area contributed by atoms with Gasteiger partial charge < -0.3 is 5.32 Å². The van der Waals surface area contributed by atoms with Crippen molar-refractivity contribution >= 4 is 33.4 Å². The monoisotopic (exact) mass is 417 g/mol. The minimum Gasteiger partial charge on any atom is -0.326 e. The van der Waals surface area contributed by atoms with Crippen LogP contribution < -0.4 is 10.8 Å². The Balaban J connectivity index is 1.48. The van der Waals surface area contributed by atoms with Crippen molar-refractivity contribution in [2.24, 2.45) is 0 Å². The van der Waals surface area contributed by atoms with Gasteiger partial charge >= 0.3 is 0 Å². The SMILES string of the molecule is O=C(CCCCN1C(=O)c2ccccc2S1(=O)=O)Nc1ccc(C(=O)NO)cc1. The maximum Gasteiger partial charge on any atom is 0.274 e. The Morgan fingerprint density at radius 1 is 1.00 bits per heavy atom. The average molecular weight is 417 g/mol. The minimum absolute atomic E-state index is 0.00803. The minimum atomic E-state index is -3.83.